The lowest BCUT2D eigenvalue weighted by molar-refractivity contribution is 0.188. The summed E-state index contributed by atoms with van der Waals surface area (Å²) in [7, 11) is 0. The molecule has 78 valence electrons. The van der Waals surface area contributed by atoms with Crippen molar-refractivity contribution in [2.75, 3.05) is 0 Å². The Morgan fingerprint density at radius 1 is 1.33 bits per heavy atom. The molecular formula is C12H11FO2. The Labute approximate surface area is 87.0 Å². The van der Waals surface area contributed by atoms with E-state index in [9.17, 15) is 9.50 Å². The largest absolute Gasteiger partial charge is 0.466 e. The Morgan fingerprint density at radius 3 is 2.80 bits per heavy atom. The first-order valence-corrected chi connectivity index (χ1v) is 4.66. The summed E-state index contributed by atoms with van der Waals surface area (Å²) in [5, 5.41) is 9.93. The molecule has 0 aliphatic heterocycles. The van der Waals surface area contributed by atoms with Gasteiger partial charge in [0.2, 0.25) is 0 Å². The molecule has 0 saturated heterocycles. The van der Waals surface area contributed by atoms with E-state index in [2.05, 4.69) is 0 Å². The first kappa shape index (κ1) is 9.93. The number of aliphatic hydroxyl groups is 1. The van der Waals surface area contributed by atoms with E-state index in [-0.39, 0.29) is 5.82 Å². The van der Waals surface area contributed by atoms with E-state index in [1.54, 1.807) is 18.2 Å². The minimum atomic E-state index is -0.907. The molecule has 15 heavy (non-hydrogen) atoms. The van der Waals surface area contributed by atoms with Gasteiger partial charge in [-0.2, -0.15) is 0 Å². The summed E-state index contributed by atoms with van der Waals surface area (Å²) < 4.78 is 18.1. The van der Waals surface area contributed by atoms with Gasteiger partial charge in [0.1, 0.15) is 17.7 Å². The van der Waals surface area contributed by atoms with Gasteiger partial charge >= 0.3 is 0 Å². The predicted octanol–water partition coefficient (Wildman–Crippen LogP) is 2.81. The fourth-order valence-corrected chi connectivity index (χ4v) is 1.51. The van der Waals surface area contributed by atoms with Gasteiger partial charge in [0.05, 0.1) is 6.26 Å². The fourth-order valence-electron chi connectivity index (χ4n) is 1.51. The van der Waals surface area contributed by atoms with Crippen molar-refractivity contribution < 1.29 is 13.9 Å². The maximum absolute atomic E-state index is 13.0. The van der Waals surface area contributed by atoms with Crippen LogP contribution in [0.1, 0.15) is 23.0 Å². The highest BCUT2D eigenvalue weighted by atomic mass is 19.1. The van der Waals surface area contributed by atoms with Gasteiger partial charge in [-0.05, 0) is 42.3 Å². The second-order valence-corrected chi connectivity index (χ2v) is 3.42. The minimum absolute atomic E-state index is 0.360. The number of hydrogen-bond donors (Lipinski definition) is 1. The summed E-state index contributed by atoms with van der Waals surface area (Å²) >= 11 is 0. The lowest BCUT2D eigenvalue weighted by Crippen LogP contribution is -2.01. The van der Waals surface area contributed by atoms with Crippen LogP contribution < -0.4 is 0 Å². The molecule has 1 aromatic heterocycles. The Bertz CT molecular complexity index is 449. The van der Waals surface area contributed by atoms with Gasteiger partial charge in [0.15, 0.2) is 0 Å². The normalized spacial score (nSPS) is 12.7. The monoisotopic (exact) mass is 206 g/mol. The number of halogens is 1. The molecule has 0 radical (unpaired) electrons. The molecule has 1 N–H and O–H groups in total. The molecule has 1 heterocycles. The third kappa shape index (κ3) is 1.92. The Morgan fingerprint density at radius 2 is 2.13 bits per heavy atom. The summed E-state index contributed by atoms with van der Waals surface area (Å²) in [5.74, 6) is 0.0601. The zero-order chi connectivity index (χ0) is 10.8. The third-order valence-electron chi connectivity index (χ3n) is 2.35. The molecule has 0 amide bonds. The number of furan rings is 1. The molecule has 0 fully saturated rings. The van der Waals surface area contributed by atoms with Gasteiger partial charge in [0.25, 0.3) is 0 Å². The molecule has 1 atom stereocenters. The van der Waals surface area contributed by atoms with Crippen molar-refractivity contribution in [1.29, 1.82) is 0 Å². The van der Waals surface area contributed by atoms with Crippen molar-refractivity contribution in [3.05, 3.63) is 59.3 Å². The number of benzene rings is 1. The second kappa shape index (κ2) is 3.87. The number of aryl methyl sites for hydroxylation is 1. The molecule has 2 nitrogen and oxygen atoms in total. The van der Waals surface area contributed by atoms with E-state index in [0.29, 0.717) is 11.3 Å². The number of hydrogen-bond acceptors (Lipinski definition) is 2. The van der Waals surface area contributed by atoms with Crippen LogP contribution in [0.15, 0.2) is 41.0 Å². The average Bonchev–Trinajstić information content (AvgIpc) is 2.74. The lowest BCUT2D eigenvalue weighted by Gasteiger charge is -2.11. The average molecular weight is 206 g/mol. The van der Waals surface area contributed by atoms with Gasteiger partial charge in [-0.1, -0.05) is 6.07 Å². The molecule has 2 rings (SSSR count). The van der Waals surface area contributed by atoms with Crippen LogP contribution in [-0.2, 0) is 0 Å². The maximum Gasteiger partial charge on any atom is 0.137 e. The lowest BCUT2D eigenvalue weighted by atomic mass is 10.0. The van der Waals surface area contributed by atoms with Crippen molar-refractivity contribution in [3.63, 3.8) is 0 Å². The molecule has 0 spiro atoms. The van der Waals surface area contributed by atoms with Crippen LogP contribution >= 0.6 is 0 Å². The quantitative estimate of drug-likeness (QED) is 0.819. The number of rotatable bonds is 2. The Kier molecular flexibility index (Phi) is 2.56. The SMILES string of the molecule is Cc1ccc(F)cc1[C@@H](O)c1ccco1. The van der Waals surface area contributed by atoms with E-state index in [0.717, 1.165) is 5.56 Å². The van der Waals surface area contributed by atoms with Crippen LogP contribution in [0, 0.1) is 12.7 Å². The number of aliphatic hydroxyl groups excluding tert-OH is 1. The van der Waals surface area contributed by atoms with Crippen LogP contribution in [-0.4, -0.2) is 5.11 Å². The topological polar surface area (TPSA) is 33.4 Å². The van der Waals surface area contributed by atoms with Crippen molar-refractivity contribution >= 4 is 0 Å². The molecule has 0 aliphatic rings. The molecule has 0 saturated carbocycles. The van der Waals surface area contributed by atoms with Crippen LogP contribution in [0.3, 0.4) is 0 Å². The Balaban J connectivity index is 2.41. The molecule has 0 unspecified atom stereocenters. The molecular weight excluding hydrogens is 195 g/mol. The summed E-state index contributed by atoms with van der Waals surface area (Å²) in [6.45, 7) is 1.82. The molecule has 0 bridgehead atoms. The second-order valence-electron chi connectivity index (χ2n) is 3.42. The third-order valence-corrected chi connectivity index (χ3v) is 2.35. The van der Waals surface area contributed by atoms with Crippen LogP contribution in [0.25, 0.3) is 0 Å². The van der Waals surface area contributed by atoms with Gasteiger partial charge < -0.3 is 9.52 Å². The first-order chi connectivity index (χ1) is 7.18. The van der Waals surface area contributed by atoms with E-state index < -0.39 is 6.10 Å². The molecule has 1 aromatic carbocycles. The zero-order valence-electron chi connectivity index (χ0n) is 8.27. The summed E-state index contributed by atoms with van der Waals surface area (Å²) in [5.41, 5.74) is 1.37. The summed E-state index contributed by atoms with van der Waals surface area (Å²) in [6, 6.07) is 7.68. The van der Waals surface area contributed by atoms with Crippen molar-refractivity contribution in [1.82, 2.24) is 0 Å². The van der Waals surface area contributed by atoms with E-state index in [4.69, 9.17) is 4.42 Å². The minimum Gasteiger partial charge on any atom is -0.466 e. The van der Waals surface area contributed by atoms with Crippen LogP contribution in [0.2, 0.25) is 0 Å². The summed E-state index contributed by atoms with van der Waals surface area (Å²) in [4.78, 5) is 0. The van der Waals surface area contributed by atoms with E-state index >= 15 is 0 Å². The maximum atomic E-state index is 13.0. The highest BCUT2D eigenvalue weighted by Gasteiger charge is 2.15. The highest BCUT2D eigenvalue weighted by molar-refractivity contribution is 5.32. The standard InChI is InChI=1S/C12H11FO2/c1-8-4-5-9(13)7-10(8)12(14)11-3-2-6-15-11/h2-7,12,14H,1H3/t12-/m1/s1. The molecule has 0 aliphatic carbocycles. The van der Waals surface area contributed by atoms with Crippen LogP contribution in [0.4, 0.5) is 4.39 Å². The van der Waals surface area contributed by atoms with Gasteiger partial charge in [-0.25, -0.2) is 4.39 Å². The van der Waals surface area contributed by atoms with E-state index in [1.807, 2.05) is 6.92 Å². The Hall–Kier alpha value is -1.61. The van der Waals surface area contributed by atoms with Crippen molar-refractivity contribution in [2.24, 2.45) is 0 Å². The highest BCUT2D eigenvalue weighted by Crippen LogP contribution is 2.25. The van der Waals surface area contributed by atoms with Crippen molar-refractivity contribution in [3.8, 4) is 0 Å². The van der Waals surface area contributed by atoms with E-state index in [1.165, 1.54) is 18.4 Å². The molecule has 2 aromatic rings. The van der Waals surface area contributed by atoms with Crippen molar-refractivity contribution in [2.45, 2.75) is 13.0 Å². The van der Waals surface area contributed by atoms with Gasteiger partial charge in [-0.3, -0.25) is 0 Å². The zero-order valence-corrected chi connectivity index (χ0v) is 8.27. The van der Waals surface area contributed by atoms with Gasteiger partial charge in [-0.15, -0.1) is 0 Å². The summed E-state index contributed by atoms with van der Waals surface area (Å²) in [6.07, 6.45) is 0.573. The molecule has 3 heteroatoms. The first-order valence-electron chi connectivity index (χ1n) is 4.66. The van der Waals surface area contributed by atoms with Crippen LogP contribution in [0.5, 0.6) is 0 Å². The fraction of sp³-hybridized carbons (Fsp3) is 0.167. The smallest absolute Gasteiger partial charge is 0.137 e. The van der Waals surface area contributed by atoms with Gasteiger partial charge in [0, 0.05) is 0 Å². The predicted molar refractivity (Wildman–Crippen MR) is 53.9 cm³/mol.